The average Bonchev–Trinajstić information content (AvgIpc) is 2.14. The lowest BCUT2D eigenvalue weighted by Gasteiger charge is -2.29. The largest absolute Gasteiger partial charge is 0.100 e. The molecular weight excluding hydrogens is 180 g/mol. The van der Waals surface area contributed by atoms with Gasteiger partial charge in [-0.3, -0.25) is 0 Å². The molecule has 0 rings (SSSR count). The molecule has 0 aliphatic heterocycles. The van der Waals surface area contributed by atoms with Crippen LogP contribution in [0.4, 0.5) is 0 Å². The molecule has 0 aromatic carbocycles. The number of hydrogen-bond acceptors (Lipinski definition) is 0. The molecule has 0 aromatic rings. The Bertz CT molecular complexity index is 169. The summed E-state index contributed by atoms with van der Waals surface area (Å²) in [6, 6.07) is 0. The van der Waals surface area contributed by atoms with Gasteiger partial charge in [0.2, 0.25) is 0 Å². The van der Waals surface area contributed by atoms with Gasteiger partial charge in [-0.05, 0) is 31.1 Å². The third kappa shape index (κ3) is 6.02. The van der Waals surface area contributed by atoms with Gasteiger partial charge in [0.15, 0.2) is 0 Å². The molecule has 0 aromatic heterocycles. The minimum atomic E-state index is 0.805. The van der Waals surface area contributed by atoms with Crippen molar-refractivity contribution >= 4 is 0 Å². The summed E-state index contributed by atoms with van der Waals surface area (Å²) in [4.78, 5) is 0. The molecule has 0 aliphatic carbocycles. The third-order valence-corrected chi connectivity index (χ3v) is 3.62. The second kappa shape index (κ2) is 7.96. The van der Waals surface area contributed by atoms with Crippen molar-refractivity contribution in [3.63, 3.8) is 0 Å². The van der Waals surface area contributed by atoms with Gasteiger partial charge in [0, 0.05) is 0 Å². The van der Waals surface area contributed by atoms with Crippen molar-refractivity contribution in [3.8, 4) is 0 Å². The summed E-state index contributed by atoms with van der Waals surface area (Å²) in [6.07, 6.45) is 6.64. The Kier molecular flexibility index (Phi) is 7.82. The first-order valence-electron chi connectivity index (χ1n) is 6.67. The van der Waals surface area contributed by atoms with Crippen LogP contribution in [-0.2, 0) is 0 Å². The average molecular weight is 210 g/mol. The first-order chi connectivity index (χ1) is 7.02. The number of rotatable bonds is 8. The van der Waals surface area contributed by atoms with E-state index in [2.05, 4.69) is 41.2 Å². The fraction of sp³-hybridized carbons (Fsp3) is 0.867. The lowest BCUT2D eigenvalue weighted by Crippen LogP contribution is -2.19. The zero-order valence-electron chi connectivity index (χ0n) is 11.5. The molecule has 0 N–H and O–H groups in total. The SMILES string of the molecule is C=C(C)CC(C)C(CC)C(C)CCCC. The quantitative estimate of drug-likeness (QED) is 0.468. The Balaban J connectivity index is 4.13. The summed E-state index contributed by atoms with van der Waals surface area (Å²) in [7, 11) is 0. The van der Waals surface area contributed by atoms with Gasteiger partial charge < -0.3 is 0 Å². The topological polar surface area (TPSA) is 0 Å². The van der Waals surface area contributed by atoms with E-state index in [0.29, 0.717) is 0 Å². The molecule has 0 heterocycles. The summed E-state index contributed by atoms with van der Waals surface area (Å²) in [5, 5.41) is 0. The Hall–Kier alpha value is -0.260. The van der Waals surface area contributed by atoms with E-state index < -0.39 is 0 Å². The smallest absolute Gasteiger partial charge is 0.0297 e. The van der Waals surface area contributed by atoms with Gasteiger partial charge in [0.05, 0.1) is 0 Å². The van der Waals surface area contributed by atoms with Crippen LogP contribution < -0.4 is 0 Å². The standard InChI is InChI=1S/C15H30/c1-7-9-10-13(5)15(8-2)14(6)11-12(3)4/h13-15H,3,7-11H2,1-2,4-6H3. The van der Waals surface area contributed by atoms with Gasteiger partial charge >= 0.3 is 0 Å². The molecule has 0 spiro atoms. The maximum absolute atomic E-state index is 4.03. The summed E-state index contributed by atoms with van der Waals surface area (Å²) in [6.45, 7) is 15.6. The second-order valence-corrected chi connectivity index (χ2v) is 5.33. The van der Waals surface area contributed by atoms with Crippen LogP contribution >= 0.6 is 0 Å². The Labute approximate surface area is 97.2 Å². The lowest BCUT2D eigenvalue weighted by molar-refractivity contribution is 0.230. The number of allylic oxidation sites excluding steroid dienone is 1. The summed E-state index contributed by atoms with van der Waals surface area (Å²) >= 11 is 0. The van der Waals surface area contributed by atoms with Crippen molar-refractivity contribution in [2.45, 2.75) is 66.7 Å². The van der Waals surface area contributed by atoms with E-state index in [1.165, 1.54) is 37.7 Å². The number of hydrogen-bond donors (Lipinski definition) is 0. The molecule has 0 saturated heterocycles. The van der Waals surface area contributed by atoms with Crippen LogP contribution in [0.3, 0.4) is 0 Å². The monoisotopic (exact) mass is 210 g/mol. The van der Waals surface area contributed by atoms with Crippen molar-refractivity contribution < 1.29 is 0 Å². The van der Waals surface area contributed by atoms with Gasteiger partial charge in [0.25, 0.3) is 0 Å². The van der Waals surface area contributed by atoms with E-state index in [4.69, 9.17) is 0 Å². The molecule has 0 bridgehead atoms. The maximum atomic E-state index is 4.03. The van der Waals surface area contributed by atoms with Crippen LogP contribution in [0.15, 0.2) is 12.2 Å². The van der Waals surface area contributed by atoms with Crippen LogP contribution in [0.5, 0.6) is 0 Å². The highest BCUT2D eigenvalue weighted by atomic mass is 14.3. The Morgan fingerprint density at radius 1 is 1.13 bits per heavy atom. The molecule has 3 atom stereocenters. The highest BCUT2D eigenvalue weighted by molar-refractivity contribution is 4.91. The molecule has 0 amide bonds. The van der Waals surface area contributed by atoms with Gasteiger partial charge in [0.1, 0.15) is 0 Å². The molecule has 15 heavy (non-hydrogen) atoms. The van der Waals surface area contributed by atoms with Crippen LogP contribution in [0.2, 0.25) is 0 Å². The highest BCUT2D eigenvalue weighted by Crippen LogP contribution is 2.31. The lowest BCUT2D eigenvalue weighted by atomic mass is 9.77. The minimum Gasteiger partial charge on any atom is -0.100 e. The van der Waals surface area contributed by atoms with E-state index in [1.807, 2.05) is 0 Å². The maximum Gasteiger partial charge on any atom is -0.0297 e. The molecule has 90 valence electrons. The van der Waals surface area contributed by atoms with Gasteiger partial charge in [-0.2, -0.15) is 0 Å². The minimum absolute atomic E-state index is 0.805. The molecule has 0 heteroatoms. The summed E-state index contributed by atoms with van der Waals surface area (Å²) in [5.41, 5.74) is 1.34. The van der Waals surface area contributed by atoms with E-state index in [9.17, 15) is 0 Å². The zero-order valence-corrected chi connectivity index (χ0v) is 11.5. The molecular formula is C15H30. The fourth-order valence-corrected chi connectivity index (χ4v) is 2.81. The molecule has 0 fully saturated rings. The van der Waals surface area contributed by atoms with Crippen molar-refractivity contribution in [2.24, 2.45) is 17.8 Å². The molecule has 3 unspecified atom stereocenters. The van der Waals surface area contributed by atoms with Crippen molar-refractivity contribution in [2.75, 3.05) is 0 Å². The molecule has 0 radical (unpaired) electrons. The fourth-order valence-electron chi connectivity index (χ4n) is 2.81. The first-order valence-corrected chi connectivity index (χ1v) is 6.67. The van der Waals surface area contributed by atoms with Gasteiger partial charge in [-0.25, -0.2) is 0 Å². The van der Waals surface area contributed by atoms with E-state index in [-0.39, 0.29) is 0 Å². The molecule has 0 aliphatic rings. The van der Waals surface area contributed by atoms with Gasteiger partial charge in [-0.1, -0.05) is 59.0 Å². The van der Waals surface area contributed by atoms with Gasteiger partial charge in [-0.15, -0.1) is 6.58 Å². The molecule has 0 saturated carbocycles. The predicted molar refractivity (Wildman–Crippen MR) is 71.1 cm³/mol. The van der Waals surface area contributed by atoms with E-state index in [1.54, 1.807) is 0 Å². The number of unbranched alkanes of at least 4 members (excludes halogenated alkanes) is 1. The third-order valence-electron chi connectivity index (χ3n) is 3.62. The van der Waals surface area contributed by atoms with Crippen LogP contribution in [0.1, 0.15) is 66.7 Å². The van der Waals surface area contributed by atoms with E-state index >= 15 is 0 Å². The van der Waals surface area contributed by atoms with E-state index in [0.717, 1.165) is 17.8 Å². The highest BCUT2D eigenvalue weighted by Gasteiger charge is 2.21. The van der Waals surface area contributed by atoms with Crippen molar-refractivity contribution in [3.05, 3.63) is 12.2 Å². The predicted octanol–water partition coefficient (Wildman–Crippen LogP) is 5.44. The Morgan fingerprint density at radius 2 is 1.73 bits per heavy atom. The second-order valence-electron chi connectivity index (χ2n) is 5.33. The Morgan fingerprint density at radius 3 is 2.13 bits per heavy atom. The van der Waals surface area contributed by atoms with Crippen molar-refractivity contribution in [1.82, 2.24) is 0 Å². The van der Waals surface area contributed by atoms with Crippen LogP contribution in [-0.4, -0.2) is 0 Å². The molecule has 0 nitrogen and oxygen atoms in total. The summed E-state index contributed by atoms with van der Waals surface area (Å²) in [5.74, 6) is 2.57. The normalized spacial score (nSPS) is 17.1. The zero-order chi connectivity index (χ0) is 11.8. The van der Waals surface area contributed by atoms with Crippen molar-refractivity contribution in [1.29, 1.82) is 0 Å². The van der Waals surface area contributed by atoms with Crippen LogP contribution in [0, 0.1) is 17.8 Å². The van der Waals surface area contributed by atoms with Crippen LogP contribution in [0.25, 0.3) is 0 Å². The first kappa shape index (κ1) is 14.7. The summed E-state index contributed by atoms with van der Waals surface area (Å²) < 4.78 is 0.